The summed E-state index contributed by atoms with van der Waals surface area (Å²) >= 11 is 0. The molecule has 4 saturated carbocycles. The minimum atomic E-state index is -0.528. The Balaban J connectivity index is 1.51. The van der Waals surface area contributed by atoms with Gasteiger partial charge in [0.25, 0.3) is 0 Å². The maximum Gasteiger partial charge on any atom is 0.242 e. The summed E-state index contributed by atoms with van der Waals surface area (Å²) in [6, 6.07) is 0.00361. The fourth-order valence-corrected chi connectivity index (χ4v) is 6.75. The van der Waals surface area contributed by atoms with Gasteiger partial charge >= 0.3 is 0 Å². The quantitative estimate of drug-likeness (QED) is 0.768. The number of piperazine rings is 1. The van der Waals surface area contributed by atoms with Gasteiger partial charge in [-0.1, -0.05) is 0 Å². The zero-order valence-electron chi connectivity index (χ0n) is 13.1. The van der Waals surface area contributed by atoms with Gasteiger partial charge in [-0.15, -0.1) is 0 Å². The van der Waals surface area contributed by atoms with E-state index in [0.29, 0.717) is 24.2 Å². The van der Waals surface area contributed by atoms with Crippen molar-refractivity contribution in [1.29, 1.82) is 5.41 Å². The molecular formula is C17H25N3O2. The van der Waals surface area contributed by atoms with Crippen molar-refractivity contribution in [3.05, 3.63) is 0 Å². The SMILES string of the molecule is N=C1C2CCCN2C(=O)CN1C12C[C@@H]3C[C@@H](CC(O)(C3)C1)C2. The summed E-state index contributed by atoms with van der Waals surface area (Å²) in [5.74, 6) is 2.04. The van der Waals surface area contributed by atoms with Crippen molar-refractivity contribution in [2.75, 3.05) is 13.1 Å². The maximum absolute atomic E-state index is 12.5. The number of fused-ring (bicyclic) bond motifs is 1. The average Bonchev–Trinajstić information content (AvgIpc) is 2.90. The third-order valence-corrected chi connectivity index (χ3v) is 7.04. The van der Waals surface area contributed by atoms with Crippen LogP contribution in [0.1, 0.15) is 51.4 Å². The van der Waals surface area contributed by atoms with Crippen LogP contribution >= 0.6 is 0 Å². The van der Waals surface area contributed by atoms with Crippen molar-refractivity contribution in [2.24, 2.45) is 11.8 Å². The Labute approximate surface area is 131 Å². The Morgan fingerprint density at radius 3 is 2.59 bits per heavy atom. The second kappa shape index (κ2) is 4.05. The molecule has 4 aliphatic carbocycles. The van der Waals surface area contributed by atoms with Crippen molar-refractivity contribution >= 4 is 11.7 Å². The second-order valence-electron chi connectivity index (χ2n) is 8.63. The zero-order chi connectivity index (χ0) is 15.1. The molecule has 0 aromatic carbocycles. The Kier molecular flexibility index (Phi) is 2.46. The van der Waals surface area contributed by atoms with Crippen LogP contribution in [0.25, 0.3) is 0 Å². The molecule has 0 radical (unpaired) electrons. The van der Waals surface area contributed by atoms with Crippen LogP contribution in [0.4, 0.5) is 0 Å². The van der Waals surface area contributed by atoms with E-state index in [-0.39, 0.29) is 17.5 Å². The molecule has 6 rings (SSSR count). The number of nitrogens with one attached hydrogen (secondary N) is 1. The van der Waals surface area contributed by atoms with Gasteiger partial charge in [0.05, 0.1) is 18.2 Å². The van der Waals surface area contributed by atoms with E-state index >= 15 is 0 Å². The average molecular weight is 303 g/mol. The van der Waals surface area contributed by atoms with E-state index in [4.69, 9.17) is 5.41 Å². The van der Waals surface area contributed by atoms with E-state index in [0.717, 1.165) is 51.5 Å². The second-order valence-corrected chi connectivity index (χ2v) is 8.63. The number of aliphatic hydroxyl groups is 1. The molecule has 5 nitrogen and oxygen atoms in total. The van der Waals surface area contributed by atoms with Crippen LogP contribution in [-0.4, -0.2) is 56.9 Å². The first kappa shape index (κ1) is 13.3. The molecule has 2 N–H and O–H groups in total. The molecule has 6 aliphatic rings. The molecule has 0 aromatic rings. The van der Waals surface area contributed by atoms with Crippen LogP contribution in [0.3, 0.4) is 0 Å². The molecule has 0 spiro atoms. The minimum Gasteiger partial charge on any atom is -0.390 e. The van der Waals surface area contributed by atoms with Crippen molar-refractivity contribution in [2.45, 2.75) is 68.5 Å². The van der Waals surface area contributed by atoms with Gasteiger partial charge in [-0.3, -0.25) is 10.2 Å². The van der Waals surface area contributed by atoms with Crippen LogP contribution in [-0.2, 0) is 4.79 Å². The van der Waals surface area contributed by atoms with E-state index < -0.39 is 5.60 Å². The molecule has 3 unspecified atom stereocenters. The summed E-state index contributed by atoms with van der Waals surface area (Å²) < 4.78 is 0. The van der Waals surface area contributed by atoms with Crippen molar-refractivity contribution < 1.29 is 9.90 Å². The maximum atomic E-state index is 12.5. The number of amides is 1. The molecule has 2 heterocycles. The molecule has 4 bridgehead atoms. The number of hydrogen-bond acceptors (Lipinski definition) is 3. The first-order valence-corrected chi connectivity index (χ1v) is 8.86. The Hall–Kier alpha value is -1.10. The third kappa shape index (κ3) is 1.63. The molecule has 22 heavy (non-hydrogen) atoms. The third-order valence-electron chi connectivity index (χ3n) is 7.04. The fourth-order valence-electron chi connectivity index (χ4n) is 6.75. The lowest BCUT2D eigenvalue weighted by Gasteiger charge is -2.64. The first-order valence-electron chi connectivity index (χ1n) is 8.86. The van der Waals surface area contributed by atoms with Gasteiger partial charge in [-0.2, -0.15) is 0 Å². The molecule has 6 fully saturated rings. The monoisotopic (exact) mass is 303 g/mol. The predicted octanol–water partition coefficient (Wildman–Crippen LogP) is 1.35. The number of amidine groups is 1. The summed E-state index contributed by atoms with van der Waals surface area (Å²) in [4.78, 5) is 16.6. The fraction of sp³-hybridized carbons (Fsp3) is 0.882. The van der Waals surface area contributed by atoms with E-state index in [1.165, 1.54) is 6.42 Å². The highest BCUT2D eigenvalue weighted by Gasteiger charge is 2.61. The Morgan fingerprint density at radius 1 is 1.18 bits per heavy atom. The lowest BCUT2D eigenvalue weighted by molar-refractivity contribution is -0.170. The highest BCUT2D eigenvalue weighted by molar-refractivity contribution is 5.97. The number of nitrogens with zero attached hydrogens (tertiary/aromatic N) is 2. The van der Waals surface area contributed by atoms with Gasteiger partial charge in [0, 0.05) is 12.1 Å². The largest absolute Gasteiger partial charge is 0.390 e. The van der Waals surface area contributed by atoms with Crippen molar-refractivity contribution in [3.63, 3.8) is 0 Å². The molecule has 0 aromatic heterocycles. The van der Waals surface area contributed by atoms with Crippen LogP contribution in [0.2, 0.25) is 0 Å². The molecule has 120 valence electrons. The molecule has 2 aliphatic heterocycles. The number of hydrogen-bond donors (Lipinski definition) is 2. The summed E-state index contributed by atoms with van der Waals surface area (Å²) in [6.45, 7) is 1.19. The van der Waals surface area contributed by atoms with Gasteiger partial charge in [0.15, 0.2) is 0 Å². The smallest absolute Gasteiger partial charge is 0.242 e. The molecule has 5 heteroatoms. The minimum absolute atomic E-state index is 0.00361. The molecule has 1 amide bonds. The van der Waals surface area contributed by atoms with Gasteiger partial charge in [-0.05, 0) is 63.2 Å². The zero-order valence-corrected chi connectivity index (χ0v) is 13.1. The van der Waals surface area contributed by atoms with Gasteiger partial charge in [0.2, 0.25) is 5.91 Å². The first-order chi connectivity index (χ1) is 10.5. The summed E-state index contributed by atoms with van der Waals surface area (Å²) in [5, 5.41) is 19.7. The van der Waals surface area contributed by atoms with Crippen LogP contribution in [0.5, 0.6) is 0 Å². The number of rotatable bonds is 1. The number of carbonyl (C=O) groups is 1. The highest BCUT2D eigenvalue weighted by atomic mass is 16.3. The van der Waals surface area contributed by atoms with E-state index in [9.17, 15) is 9.90 Å². The summed E-state index contributed by atoms with van der Waals surface area (Å²) in [6.07, 6.45) is 8.02. The number of carbonyl (C=O) groups excluding carboxylic acids is 1. The van der Waals surface area contributed by atoms with Gasteiger partial charge in [0.1, 0.15) is 5.84 Å². The Bertz CT molecular complexity index is 546. The normalized spacial score (nSPS) is 50.0. The van der Waals surface area contributed by atoms with Crippen LogP contribution in [0, 0.1) is 17.2 Å². The van der Waals surface area contributed by atoms with Gasteiger partial charge in [-0.25, -0.2) is 0 Å². The standard InChI is InChI=1S/C17H25N3O2/c18-15-13-2-1-3-19(13)14(21)9-20(15)16-5-11-4-12(6-16)8-17(22,7-11)10-16/h11-13,18,22H,1-10H2/t11-,12+,13?,16?,17?. The Morgan fingerprint density at radius 2 is 1.91 bits per heavy atom. The molecule has 5 atom stereocenters. The summed E-state index contributed by atoms with van der Waals surface area (Å²) in [7, 11) is 0. The van der Waals surface area contributed by atoms with Crippen molar-refractivity contribution in [3.8, 4) is 0 Å². The van der Waals surface area contributed by atoms with Crippen molar-refractivity contribution in [1.82, 2.24) is 9.80 Å². The van der Waals surface area contributed by atoms with E-state index in [1.807, 2.05) is 4.90 Å². The molecular weight excluding hydrogens is 278 g/mol. The lowest BCUT2D eigenvalue weighted by Crippen LogP contribution is -2.71. The van der Waals surface area contributed by atoms with E-state index in [2.05, 4.69) is 4.90 Å². The summed E-state index contributed by atoms with van der Waals surface area (Å²) in [5.41, 5.74) is -0.638. The predicted molar refractivity (Wildman–Crippen MR) is 81.5 cm³/mol. The highest BCUT2D eigenvalue weighted by Crippen LogP contribution is 2.59. The molecule has 2 saturated heterocycles. The van der Waals surface area contributed by atoms with Crippen LogP contribution < -0.4 is 0 Å². The van der Waals surface area contributed by atoms with Gasteiger partial charge < -0.3 is 14.9 Å². The van der Waals surface area contributed by atoms with Crippen LogP contribution in [0.15, 0.2) is 0 Å². The lowest BCUT2D eigenvalue weighted by atomic mass is 9.50. The topological polar surface area (TPSA) is 67.6 Å². The van der Waals surface area contributed by atoms with E-state index in [1.54, 1.807) is 0 Å².